The fourth-order valence-corrected chi connectivity index (χ4v) is 3.76. The Morgan fingerprint density at radius 3 is 2.70 bits per heavy atom. The fourth-order valence-electron chi connectivity index (χ4n) is 3.76. The van der Waals surface area contributed by atoms with Crippen LogP contribution in [-0.2, 0) is 17.8 Å². The SMILES string of the molecule is CNC(=O)c1c(O)c2ncc(Cc3ccc(F)cc3)c3c2n(c1=O)CC(C(=O)NCCO)O3. The van der Waals surface area contributed by atoms with E-state index in [-0.39, 0.29) is 42.9 Å². The number of amides is 2. The lowest BCUT2D eigenvalue weighted by atomic mass is 10.0. The summed E-state index contributed by atoms with van der Waals surface area (Å²) in [4.78, 5) is 42.3. The van der Waals surface area contributed by atoms with Crippen molar-refractivity contribution in [1.29, 1.82) is 0 Å². The molecule has 1 aliphatic rings. The van der Waals surface area contributed by atoms with Crippen LogP contribution in [0.4, 0.5) is 4.39 Å². The van der Waals surface area contributed by atoms with Gasteiger partial charge in [0.1, 0.15) is 22.4 Å². The Hall–Kier alpha value is -3.99. The highest BCUT2D eigenvalue weighted by Crippen LogP contribution is 2.37. The predicted molar refractivity (Wildman–Crippen MR) is 115 cm³/mol. The van der Waals surface area contributed by atoms with Crippen molar-refractivity contribution in [3.05, 3.63) is 63.3 Å². The van der Waals surface area contributed by atoms with Crippen LogP contribution in [0.25, 0.3) is 11.0 Å². The second kappa shape index (κ2) is 8.87. The summed E-state index contributed by atoms with van der Waals surface area (Å²) in [6.07, 6.45) is 0.522. The summed E-state index contributed by atoms with van der Waals surface area (Å²) in [5.74, 6) is -2.19. The normalized spacial score (nSPS) is 14.6. The van der Waals surface area contributed by atoms with Crippen molar-refractivity contribution in [3.63, 3.8) is 0 Å². The highest BCUT2D eigenvalue weighted by Gasteiger charge is 2.34. The topological polar surface area (TPSA) is 143 Å². The summed E-state index contributed by atoms with van der Waals surface area (Å²) in [7, 11) is 1.32. The highest BCUT2D eigenvalue weighted by atomic mass is 19.1. The summed E-state index contributed by atoms with van der Waals surface area (Å²) in [5, 5.41) is 24.5. The number of benzene rings is 1. The Balaban J connectivity index is 1.91. The van der Waals surface area contributed by atoms with Gasteiger partial charge in [0, 0.05) is 31.8 Å². The van der Waals surface area contributed by atoms with Crippen molar-refractivity contribution < 1.29 is 28.9 Å². The standard InChI is InChI=1S/C22H21FN4O6/c1-24-21(31)15-18(29)16-17-19(12(9-26-16)8-11-2-4-13(23)5-3-11)33-14(10-27(17)22(15)32)20(30)25-6-7-28/h2-5,9,14,28-29H,6-8,10H2,1H3,(H,24,31)(H,25,30). The average Bonchev–Trinajstić information content (AvgIpc) is 2.82. The molecule has 4 rings (SSSR count). The van der Waals surface area contributed by atoms with E-state index in [1.165, 1.54) is 29.9 Å². The minimum absolute atomic E-state index is 0.00624. The van der Waals surface area contributed by atoms with Crippen molar-refractivity contribution in [2.45, 2.75) is 19.1 Å². The third kappa shape index (κ3) is 3.98. The zero-order valence-corrected chi connectivity index (χ0v) is 17.6. The lowest BCUT2D eigenvalue weighted by Gasteiger charge is -2.29. The minimum atomic E-state index is -1.14. The maximum atomic E-state index is 13.3. The Labute approximate surface area is 186 Å². The van der Waals surface area contributed by atoms with Crippen LogP contribution in [-0.4, -0.2) is 57.9 Å². The maximum Gasteiger partial charge on any atom is 0.268 e. The first-order chi connectivity index (χ1) is 15.8. The maximum absolute atomic E-state index is 13.3. The van der Waals surface area contributed by atoms with E-state index in [1.54, 1.807) is 12.1 Å². The average molecular weight is 456 g/mol. The summed E-state index contributed by atoms with van der Waals surface area (Å²) in [6, 6.07) is 5.77. The zero-order chi connectivity index (χ0) is 23.7. The second-order valence-corrected chi connectivity index (χ2v) is 7.45. The molecule has 0 aliphatic carbocycles. The molecule has 0 spiro atoms. The number of aromatic hydroxyl groups is 1. The molecule has 11 heteroatoms. The molecule has 1 unspecified atom stereocenters. The first-order valence-corrected chi connectivity index (χ1v) is 10.1. The number of aliphatic hydroxyl groups excluding tert-OH is 1. The third-order valence-corrected chi connectivity index (χ3v) is 5.34. The van der Waals surface area contributed by atoms with Gasteiger partial charge in [0.05, 0.1) is 13.2 Å². The van der Waals surface area contributed by atoms with Gasteiger partial charge in [-0.3, -0.25) is 23.9 Å². The Kier molecular flexibility index (Phi) is 5.97. The minimum Gasteiger partial charge on any atom is -0.505 e. The second-order valence-electron chi connectivity index (χ2n) is 7.45. The molecule has 0 radical (unpaired) electrons. The molecule has 1 aromatic carbocycles. The molecule has 3 heterocycles. The van der Waals surface area contributed by atoms with E-state index in [2.05, 4.69) is 15.6 Å². The van der Waals surface area contributed by atoms with Gasteiger partial charge in [0.2, 0.25) is 0 Å². The number of pyridine rings is 2. The van der Waals surface area contributed by atoms with Gasteiger partial charge in [0.15, 0.2) is 17.6 Å². The number of carbonyl (C=O) groups excluding carboxylic acids is 2. The molecule has 2 amide bonds. The Morgan fingerprint density at radius 1 is 1.30 bits per heavy atom. The van der Waals surface area contributed by atoms with Crippen molar-refractivity contribution in [3.8, 4) is 11.5 Å². The first-order valence-electron chi connectivity index (χ1n) is 10.1. The molecule has 2 aromatic heterocycles. The van der Waals surface area contributed by atoms with Crippen LogP contribution in [0.1, 0.15) is 21.5 Å². The summed E-state index contributed by atoms with van der Waals surface area (Å²) < 4.78 is 20.4. The van der Waals surface area contributed by atoms with Gasteiger partial charge in [-0.05, 0) is 17.7 Å². The van der Waals surface area contributed by atoms with Crippen molar-refractivity contribution in [2.24, 2.45) is 0 Å². The lowest BCUT2D eigenvalue weighted by molar-refractivity contribution is -0.129. The zero-order valence-electron chi connectivity index (χ0n) is 17.6. The van der Waals surface area contributed by atoms with Crippen LogP contribution in [0.2, 0.25) is 0 Å². The van der Waals surface area contributed by atoms with Crippen LogP contribution >= 0.6 is 0 Å². The number of ether oxygens (including phenoxy) is 1. The molecule has 10 nitrogen and oxygen atoms in total. The van der Waals surface area contributed by atoms with Gasteiger partial charge >= 0.3 is 0 Å². The number of hydrogen-bond acceptors (Lipinski definition) is 7. The lowest BCUT2D eigenvalue weighted by Crippen LogP contribution is -2.47. The molecule has 1 atom stereocenters. The van der Waals surface area contributed by atoms with E-state index < -0.39 is 40.6 Å². The van der Waals surface area contributed by atoms with Crippen LogP contribution in [0.5, 0.6) is 11.5 Å². The molecule has 1 aliphatic heterocycles. The number of hydrogen-bond donors (Lipinski definition) is 4. The molecule has 0 saturated carbocycles. The van der Waals surface area contributed by atoms with Crippen molar-refractivity contribution in [2.75, 3.05) is 20.2 Å². The molecule has 4 N–H and O–H groups in total. The number of rotatable bonds is 6. The van der Waals surface area contributed by atoms with Gasteiger partial charge in [-0.1, -0.05) is 12.1 Å². The van der Waals surface area contributed by atoms with E-state index in [0.717, 1.165) is 5.56 Å². The van der Waals surface area contributed by atoms with E-state index in [0.29, 0.717) is 5.56 Å². The summed E-state index contributed by atoms with van der Waals surface area (Å²) >= 11 is 0. The predicted octanol–water partition coefficient (Wildman–Crippen LogP) is 0.0611. The van der Waals surface area contributed by atoms with E-state index in [9.17, 15) is 23.9 Å². The summed E-state index contributed by atoms with van der Waals surface area (Å²) in [6.45, 7) is -0.516. The molecule has 172 valence electrons. The Bertz CT molecular complexity index is 1310. The van der Waals surface area contributed by atoms with Gasteiger partial charge in [0.25, 0.3) is 17.4 Å². The number of aliphatic hydroxyl groups is 1. The number of nitrogens with zero attached hydrogens (tertiary/aromatic N) is 2. The molecular formula is C22H21FN4O6. The number of aromatic nitrogens is 2. The van der Waals surface area contributed by atoms with Crippen molar-refractivity contribution in [1.82, 2.24) is 20.2 Å². The largest absolute Gasteiger partial charge is 0.505 e. The van der Waals surface area contributed by atoms with E-state index >= 15 is 0 Å². The van der Waals surface area contributed by atoms with E-state index in [1.807, 2.05) is 0 Å². The molecule has 33 heavy (non-hydrogen) atoms. The van der Waals surface area contributed by atoms with Gasteiger partial charge in [-0.15, -0.1) is 0 Å². The highest BCUT2D eigenvalue weighted by molar-refractivity contribution is 6.02. The Morgan fingerprint density at radius 2 is 2.03 bits per heavy atom. The number of carbonyl (C=O) groups is 2. The quantitative estimate of drug-likeness (QED) is 0.411. The van der Waals surface area contributed by atoms with Gasteiger partial charge in [-0.2, -0.15) is 0 Å². The molecule has 0 saturated heterocycles. The first kappa shape index (κ1) is 22.2. The smallest absolute Gasteiger partial charge is 0.268 e. The van der Waals surface area contributed by atoms with Gasteiger partial charge in [-0.25, -0.2) is 4.39 Å². The molecule has 0 fully saturated rings. The van der Waals surface area contributed by atoms with Crippen LogP contribution < -0.4 is 20.9 Å². The van der Waals surface area contributed by atoms with Crippen LogP contribution in [0.3, 0.4) is 0 Å². The van der Waals surface area contributed by atoms with E-state index in [4.69, 9.17) is 9.84 Å². The summed E-state index contributed by atoms with van der Waals surface area (Å²) in [5.41, 5.74) is 0.0466. The molecular weight excluding hydrogens is 435 g/mol. The van der Waals surface area contributed by atoms with Gasteiger partial charge < -0.3 is 25.6 Å². The van der Waals surface area contributed by atoms with Crippen LogP contribution in [0, 0.1) is 5.82 Å². The number of halogens is 1. The monoisotopic (exact) mass is 456 g/mol. The van der Waals surface area contributed by atoms with Crippen LogP contribution in [0.15, 0.2) is 35.3 Å². The molecule has 3 aromatic rings. The fraction of sp³-hybridized carbons (Fsp3) is 0.273. The molecule has 0 bridgehead atoms. The third-order valence-electron chi connectivity index (χ3n) is 5.34. The number of nitrogens with one attached hydrogen (secondary N) is 2. The van der Waals surface area contributed by atoms with Crippen molar-refractivity contribution >= 4 is 22.8 Å².